The molecule has 30 heavy (non-hydrogen) atoms. The molecule has 0 spiro atoms. The predicted molar refractivity (Wildman–Crippen MR) is 121 cm³/mol. The van der Waals surface area contributed by atoms with Crippen molar-refractivity contribution < 1.29 is 13.2 Å². The third kappa shape index (κ3) is 4.57. The molecule has 0 bridgehead atoms. The van der Waals surface area contributed by atoms with Gasteiger partial charge >= 0.3 is 0 Å². The van der Waals surface area contributed by atoms with Crippen molar-refractivity contribution in [2.24, 2.45) is 0 Å². The first-order valence-corrected chi connectivity index (χ1v) is 12.0. The Balaban J connectivity index is 1.53. The van der Waals surface area contributed by atoms with Crippen molar-refractivity contribution in [2.75, 3.05) is 4.72 Å². The Morgan fingerprint density at radius 1 is 0.967 bits per heavy atom. The van der Waals surface area contributed by atoms with Crippen LogP contribution in [0.15, 0.2) is 82.2 Å². The first kappa shape index (κ1) is 20.6. The van der Waals surface area contributed by atoms with E-state index in [1.54, 1.807) is 36.4 Å². The molecule has 1 aliphatic carbocycles. The smallest absolute Gasteiger partial charge is 0.261 e. The van der Waals surface area contributed by atoms with Crippen molar-refractivity contribution in [3.8, 4) is 0 Å². The number of hydrogen-bond acceptors (Lipinski definition) is 3. The lowest BCUT2D eigenvalue weighted by Crippen LogP contribution is -2.31. The Labute approximate surface area is 184 Å². The van der Waals surface area contributed by atoms with E-state index >= 15 is 0 Å². The van der Waals surface area contributed by atoms with Gasteiger partial charge in [-0.15, -0.1) is 0 Å². The Morgan fingerprint density at radius 3 is 2.53 bits per heavy atom. The van der Waals surface area contributed by atoms with Crippen LogP contribution >= 0.6 is 15.9 Å². The third-order valence-corrected chi connectivity index (χ3v) is 7.09. The van der Waals surface area contributed by atoms with E-state index in [0.717, 1.165) is 29.3 Å². The number of benzene rings is 3. The van der Waals surface area contributed by atoms with Crippen LogP contribution in [0.3, 0.4) is 0 Å². The van der Waals surface area contributed by atoms with Gasteiger partial charge in [0.05, 0.1) is 10.9 Å². The average molecular weight is 485 g/mol. The third-order valence-electron chi connectivity index (χ3n) is 5.18. The van der Waals surface area contributed by atoms with E-state index in [9.17, 15) is 13.2 Å². The molecular formula is C23H21BrN2O3S. The molecule has 154 valence electrons. The number of hydrogen-bond donors (Lipinski definition) is 2. The number of anilines is 1. The van der Waals surface area contributed by atoms with Crippen LogP contribution in [0.25, 0.3) is 0 Å². The first-order chi connectivity index (χ1) is 14.4. The highest BCUT2D eigenvalue weighted by molar-refractivity contribution is 9.10. The molecular weight excluding hydrogens is 464 g/mol. The van der Waals surface area contributed by atoms with Gasteiger partial charge in [-0.1, -0.05) is 46.3 Å². The minimum atomic E-state index is -3.81. The molecule has 0 aliphatic heterocycles. The molecule has 0 saturated carbocycles. The van der Waals surface area contributed by atoms with Gasteiger partial charge in [-0.25, -0.2) is 8.42 Å². The predicted octanol–water partition coefficient (Wildman–Crippen LogP) is 5.06. The number of halogens is 1. The molecule has 0 saturated heterocycles. The summed E-state index contributed by atoms with van der Waals surface area (Å²) in [5, 5.41) is 3.07. The Hall–Kier alpha value is -2.64. The van der Waals surface area contributed by atoms with E-state index in [-0.39, 0.29) is 16.8 Å². The molecule has 3 aromatic carbocycles. The maximum Gasteiger partial charge on any atom is 0.261 e. The van der Waals surface area contributed by atoms with Gasteiger partial charge in [-0.3, -0.25) is 9.52 Å². The van der Waals surface area contributed by atoms with Crippen LogP contribution in [0.2, 0.25) is 0 Å². The maximum absolute atomic E-state index is 12.9. The number of sulfonamides is 1. The van der Waals surface area contributed by atoms with Gasteiger partial charge in [0, 0.05) is 15.7 Å². The highest BCUT2D eigenvalue weighted by Gasteiger charge is 2.23. The average Bonchev–Trinajstić information content (AvgIpc) is 2.75. The van der Waals surface area contributed by atoms with Crippen LogP contribution in [0.4, 0.5) is 5.69 Å². The van der Waals surface area contributed by atoms with Crippen LogP contribution in [0, 0.1) is 0 Å². The highest BCUT2D eigenvalue weighted by atomic mass is 79.9. The fraction of sp³-hybridized carbons (Fsp3) is 0.174. The van der Waals surface area contributed by atoms with Crippen LogP contribution < -0.4 is 10.0 Å². The molecule has 7 heteroatoms. The van der Waals surface area contributed by atoms with Crippen LogP contribution in [-0.4, -0.2) is 14.3 Å². The van der Waals surface area contributed by atoms with Crippen molar-refractivity contribution >= 4 is 37.5 Å². The summed E-state index contributed by atoms with van der Waals surface area (Å²) in [4.78, 5) is 12.9. The summed E-state index contributed by atoms with van der Waals surface area (Å²) < 4.78 is 28.9. The lowest BCUT2D eigenvalue weighted by atomic mass is 9.87. The number of carbonyl (C=O) groups excluding carboxylic acids is 1. The zero-order valence-electron chi connectivity index (χ0n) is 16.1. The minimum Gasteiger partial charge on any atom is -0.345 e. The molecule has 0 heterocycles. The van der Waals surface area contributed by atoms with Crippen molar-refractivity contribution in [2.45, 2.75) is 30.2 Å². The monoisotopic (exact) mass is 484 g/mol. The van der Waals surface area contributed by atoms with Crippen molar-refractivity contribution in [1.82, 2.24) is 5.32 Å². The second-order valence-corrected chi connectivity index (χ2v) is 9.86. The number of carbonyl (C=O) groups is 1. The van der Waals surface area contributed by atoms with Crippen molar-refractivity contribution in [3.63, 3.8) is 0 Å². The van der Waals surface area contributed by atoms with E-state index in [0.29, 0.717) is 11.3 Å². The molecule has 1 amide bonds. The minimum absolute atomic E-state index is 0.0436. The second kappa shape index (κ2) is 8.62. The Kier molecular flexibility index (Phi) is 5.92. The van der Waals surface area contributed by atoms with Crippen LogP contribution in [0.1, 0.15) is 40.4 Å². The number of fused-ring (bicyclic) bond motifs is 1. The topological polar surface area (TPSA) is 75.3 Å². The molecule has 0 radical (unpaired) electrons. The quantitative estimate of drug-likeness (QED) is 0.531. The Morgan fingerprint density at radius 2 is 1.73 bits per heavy atom. The molecule has 5 nitrogen and oxygen atoms in total. The van der Waals surface area contributed by atoms with Gasteiger partial charge in [0.25, 0.3) is 15.9 Å². The lowest BCUT2D eigenvalue weighted by molar-refractivity contribution is 0.0932. The van der Waals surface area contributed by atoms with Crippen molar-refractivity contribution in [3.05, 3.63) is 94.0 Å². The number of rotatable bonds is 5. The van der Waals surface area contributed by atoms with Crippen molar-refractivity contribution in [1.29, 1.82) is 0 Å². The summed E-state index contributed by atoms with van der Waals surface area (Å²) in [6.45, 7) is 0. The lowest BCUT2D eigenvalue weighted by Gasteiger charge is -2.26. The normalized spacial score (nSPS) is 15.8. The van der Waals surface area contributed by atoms with E-state index in [4.69, 9.17) is 0 Å². The number of nitrogens with one attached hydrogen (secondary N) is 2. The molecule has 4 rings (SSSR count). The van der Waals surface area contributed by atoms with Crippen LogP contribution in [0.5, 0.6) is 0 Å². The highest BCUT2D eigenvalue weighted by Crippen LogP contribution is 2.29. The van der Waals surface area contributed by atoms with E-state index in [1.807, 2.05) is 18.2 Å². The molecule has 0 fully saturated rings. The fourth-order valence-electron chi connectivity index (χ4n) is 3.68. The summed E-state index contributed by atoms with van der Waals surface area (Å²) >= 11 is 3.32. The summed E-state index contributed by atoms with van der Waals surface area (Å²) in [5.74, 6) is -0.280. The van der Waals surface area contributed by atoms with E-state index in [1.165, 1.54) is 17.7 Å². The van der Waals surface area contributed by atoms with Gasteiger partial charge in [0.2, 0.25) is 0 Å². The van der Waals surface area contributed by atoms with E-state index in [2.05, 4.69) is 32.0 Å². The fourth-order valence-corrected chi connectivity index (χ4v) is 5.05. The largest absolute Gasteiger partial charge is 0.345 e. The maximum atomic E-state index is 12.9. The van der Waals surface area contributed by atoms with Gasteiger partial charge in [-0.2, -0.15) is 0 Å². The second-order valence-electron chi connectivity index (χ2n) is 7.26. The molecule has 0 aromatic heterocycles. The SMILES string of the molecule is O=C(NC1CCCc2ccccc21)c1cccc(S(=O)(=O)Nc2ccc(Br)cc2)c1. The summed E-state index contributed by atoms with van der Waals surface area (Å²) in [6, 6.07) is 21.0. The summed E-state index contributed by atoms with van der Waals surface area (Å²) in [5.41, 5.74) is 3.16. The van der Waals surface area contributed by atoms with Gasteiger partial charge in [-0.05, 0) is 72.9 Å². The Bertz CT molecular complexity index is 1180. The number of aryl methyl sites for hydroxylation is 1. The molecule has 1 aliphatic rings. The van der Waals surface area contributed by atoms with Gasteiger partial charge in [0.1, 0.15) is 0 Å². The standard InChI is InChI=1S/C23H21BrN2O3S/c24-18-11-13-19(14-12-18)26-30(28,29)20-8-3-7-17(15-20)23(27)25-22-10-4-6-16-5-1-2-9-21(16)22/h1-3,5,7-9,11-15,22,26H,4,6,10H2,(H,25,27). The molecule has 3 aromatic rings. The molecule has 2 N–H and O–H groups in total. The van der Waals surface area contributed by atoms with Crippen LogP contribution in [-0.2, 0) is 16.4 Å². The summed E-state index contributed by atoms with van der Waals surface area (Å²) in [6.07, 6.45) is 2.89. The van der Waals surface area contributed by atoms with E-state index < -0.39 is 10.0 Å². The zero-order chi connectivity index (χ0) is 21.1. The van der Waals surface area contributed by atoms with Gasteiger partial charge < -0.3 is 5.32 Å². The van der Waals surface area contributed by atoms with Gasteiger partial charge in [0.15, 0.2) is 0 Å². The number of amides is 1. The molecule has 1 unspecified atom stereocenters. The summed E-state index contributed by atoms with van der Waals surface area (Å²) in [7, 11) is -3.81. The first-order valence-electron chi connectivity index (χ1n) is 9.69. The zero-order valence-corrected chi connectivity index (χ0v) is 18.5. The molecule has 1 atom stereocenters.